The van der Waals surface area contributed by atoms with Crippen LogP contribution in [0.15, 0.2) is 34.7 Å². The van der Waals surface area contributed by atoms with E-state index in [1.165, 1.54) is 0 Å². The molecule has 1 N–H and O–H groups in total. The zero-order valence-electron chi connectivity index (χ0n) is 8.34. The first-order chi connectivity index (χ1) is 7.22. The number of benzene rings is 1. The van der Waals surface area contributed by atoms with Crippen LogP contribution >= 0.6 is 0 Å². The van der Waals surface area contributed by atoms with Crippen molar-refractivity contribution in [1.29, 1.82) is 5.26 Å². The van der Waals surface area contributed by atoms with Gasteiger partial charge in [-0.1, -0.05) is 18.2 Å². The van der Waals surface area contributed by atoms with Gasteiger partial charge in [0.1, 0.15) is 17.4 Å². The molecule has 3 nitrogen and oxygen atoms in total. The Balaban J connectivity index is 2.41. The number of aliphatic hydroxyl groups is 1. The normalized spacial score (nSPS) is 14.7. The van der Waals surface area contributed by atoms with E-state index in [9.17, 15) is 5.11 Å². The van der Waals surface area contributed by atoms with E-state index in [1.54, 1.807) is 13.0 Å². The third-order valence-electron chi connectivity index (χ3n) is 2.41. The van der Waals surface area contributed by atoms with Crippen LogP contribution in [0.4, 0.5) is 0 Å². The predicted octanol–water partition coefficient (Wildman–Crippen LogP) is 2.63. The standard InChI is InChI=1S/C12H11NO2/c1-8(7-13)12(14)11-6-9-4-2-3-5-10(9)15-11/h2-6,8,12,14H,1H3. The first kappa shape index (κ1) is 9.75. The molecule has 0 aliphatic heterocycles. The maximum absolute atomic E-state index is 9.77. The minimum absolute atomic E-state index is 0.449. The third-order valence-corrected chi connectivity index (χ3v) is 2.41. The predicted molar refractivity (Wildman–Crippen MR) is 56.0 cm³/mol. The molecule has 15 heavy (non-hydrogen) atoms. The molecule has 1 heterocycles. The lowest BCUT2D eigenvalue weighted by Crippen LogP contribution is -2.05. The third kappa shape index (κ3) is 1.72. The summed E-state index contributed by atoms with van der Waals surface area (Å²) >= 11 is 0. The first-order valence-corrected chi connectivity index (χ1v) is 4.78. The number of rotatable bonds is 2. The monoisotopic (exact) mass is 201 g/mol. The summed E-state index contributed by atoms with van der Waals surface area (Å²) in [6.07, 6.45) is -0.859. The molecule has 0 amide bonds. The molecule has 0 saturated heterocycles. The van der Waals surface area contributed by atoms with Gasteiger partial charge in [-0.3, -0.25) is 0 Å². The fourth-order valence-corrected chi connectivity index (χ4v) is 1.47. The average Bonchev–Trinajstić information content (AvgIpc) is 2.70. The summed E-state index contributed by atoms with van der Waals surface area (Å²) in [4.78, 5) is 0. The molecule has 2 rings (SSSR count). The number of nitriles is 1. The van der Waals surface area contributed by atoms with Crippen LogP contribution in [0.3, 0.4) is 0 Å². The Hall–Kier alpha value is -1.79. The largest absolute Gasteiger partial charge is 0.458 e. The van der Waals surface area contributed by atoms with Crippen LogP contribution < -0.4 is 0 Å². The summed E-state index contributed by atoms with van der Waals surface area (Å²) in [6, 6.07) is 11.3. The maximum Gasteiger partial charge on any atom is 0.135 e. The van der Waals surface area contributed by atoms with Gasteiger partial charge < -0.3 is 9.52 Å². The van der Waals surface area contributed by atoms with E-state index in [0.29, 0.717) is 5.76 Å². The molecule has 2 aromatic rings. The molecule has 0 aliphatic carbocycles. The number of hydrogen-bond donors (Lipinski definition) is 1. The molecule has 0 saturated carbocycles. The molecule has 3 heteroatoms. The Bertz CT molecular complexity index is 477. The highest BCUT2D eigenvalue weighted by molar-refractivity contribution is 5.77. The molecule has 1 aromatic carbocycles. The van der Waals surface area contributed by atoms with Crippen LogP contribution in [0.2, 0.25) is 0 Å². The highest BCUT2D eigenvalue weighted by Crippen LogP contribution is 2.27. The zero-order valence-corrected chi connectivity index (χ0v) is 8.34. The number of fused-ring (bicyclic) bond motifs is 1. The summed E-state index contributed by atoms with van der Waals surface area (Å²) in [7, 11) is 0. The van der Waals surface area contributed by atoms with Gasteiger partial charge in [-0.25, -0.2) is 0 Å². The molecule has 0 bridgehead atoms. The molecule has 0 fully saturated rings. The zero-order chi connectivity index (χ0) is 10.8. The van der Waals surface area contributed by atoms with Gasteiger partial charge in [-0.2, -0.15) is 5.26 Å². The average molecular weight is 201 g/mol. The summed E-state index contributed by atoms with van der Waals surface area (Å²) in [5, 5.41) is 19.4. The highest BCUT2D eigenvalue weighted by atomic mass is 16.4. The topological polar surface area (TPSA) is 57.2 Å². The molecular formula is C12H11NO2. The van der Waals surface area contributed by atoms with Crippen molar-refractivity contribution in [2.24, 2.45) is 5.92 Å². The van der Waals surface area contributed by atoms with Crippen LogP contribution in [0.25, 0.3) is 11.0 Å². The minimum atomic E-state index is -0.859. The van der Waals surface area contributed by atoms with Gasteiger partial charge in [-0.15, -0.1) is 0 Å². The number of hydrogen-bond acceptors (Lipinski definition) is 3. The van der Waals surface area contributed by atoms with Gasteiger partial charge >= 0.3 is 0 Å². The van der Waals surface area contributed by atoms with Crippen molar-refractivity contribution in [1.82, 2.24) is 0 Å². The number of aliphatic hydroxyl groups excluding tert-OH is 1. The molecule has 0 radical (unpaired) electrons. The first-order valence-electron chi connectivity index (χ1n) is 4.78. The van der Waals surface area contributed by atoms with Crippen molar-refractivity contribution in [3.05, 3.63) is 36.1 Å². The molecular weight excluding hydrogens is 190 g/mol. The summed E-state index contributed by atoms with van der Waals surface area (Å²) < 4.78 is 5.45. The Kier molecular flexibility index (Phi) is 2.44. The molecule has 0 spiro atoms. The van der Waals surface area contributed by atoms with E-state index in [-0.39, 0.29) is 0 Å². The quantitative estimate of drug-likeness (QED) is 0.812. The van der Waals surface area contributed by atoms with Crippen molar-refractivity contribution in [3.63, 3.8) is 0 Å². The lowest BCUT2D eigenvalue weighted by Gasteiger charge is -2.07. The molecule has 1 aromatic heterocycles. The van der Waals surface area contributed by atoms with E-state index in [1.807, 2.05) is 30.3 Å². The van der Waals surface area contributed by atoms with Gasteiger partial charge in [0.15, 0.2) is 0 Å². The lowest BCUT2D eigenvalue weighted by atomic mass is 10.0. The Labute approximate surface area is 87.6 Å². The van der Waals surface area contributed by atoms with E-state index in [0.717, 1.165) is 11.0 Å². The van der Waals surface area contributed by atoms with Crippen LogP contribution in [0.5, 0.6) is 0 Å². The van der Waals surface area contributed by atoms with Gasteiger partial charge in [0, 0.05) is 5.39 Å². The molecule has 0 aliphatic rings. The maximum atomic E-state index is 9.77. The highest BCUT2D eigenvalue weighted by Gasteiger charge is 2.19. The Morgan fingerprint density at radius 3 is 2.80 bits per heavy atom. The summed E-state index contributed by atoms with van der Waals surface area (Å²) in [5.41, 5.74) is 0.733. The SMILES string of the molecule is CC(C#N)C(O)c1cc2ccccc2o1. The number of para-hydroxylation sites is 1. The summed E-state index contributed by atoms with van der Waals surface area (Å²) in [6.45, 7) is 1.66. The van der Waals surface area contributed by atoms with E-state index in [2.05, 4.69) is 0 Å². The minimum Gasteiger partial charge on any atom is -0.458 e. The second-order valence-electron chi connectivity index (χ2n) is 3.55. The fourth-order valence-electron chi connectivity index (χ4n) is 1.47. The van der Waals surface area contributed by atoms with Crippen LogP contribution in [-0.4, -0.2) is 5.11 Å². The fraction of sp³-hybridized carbons (Fsp3) is 0.250. The van der Waals surface area contributed by atoms with Crippen molar-refractivity contribution in [3.8, 4) is 6.07 Å². The van der Waals surface area contributed by atoms with Crippen molar-refractivity contribution >= 4 is 11.0 Å². The van der Waals surface area contributed by atoms with Crippen LogP contribution in [-0.2, 0) is 0 Å². The van der Waals surface area contributed by atoms with Gasteiger partial charge in [-0.05, 0) is 19.1 Å². The second-order valence-corrected chi connectivity index (χ2v) is 3.55. The molecule has 2 atom stereocenters. The molecule has 76 valence electrons. The Morgan fingerprint density at radius 1 is 1.40 bits per heavy atom. The summed E-state index contributed by atoms with van der Waals surface area (Å²) in [5.74, 6) is -0.0178. The van der Waals surface area contributed by atoms with E-state index < -0.39 is 12.0 Å². The van der Waals surface area contributed by atoms with Crippen LogP contribution in [0.1, 0.15) is 18.8 Å². The Morgan fingerprint density at radius 2 is 2.13 bits per heavy atom. The van der Waals surface area contributed by atoms with Crippen molar-refractivity contribution < 1.29 is 9.52 Å². The van der Waals surface area contributed by atoms with Crippen molar-refractivity contribution in [2.45, 2.75) is 13.0 Å². The van der Waals surface area contributed by atoms with Crippen LogP contribution in [0, 0.1) is 17.2 Å². The molecule has 2 unspecified atom stereocenters. The van der Waals surface area contributed by atoms with Gasteiger partial charge in [0.05, 0.1) is 12.0 Å². The van der Waals surface area contributed by atoms with Crippen molar-refractivity contribution in [2.75, 3.05) is 0 Å². The van der Waals surface area contributed by atoms with E-state index in [4.69, 9.17) is 9.68 Å². The second kappa shape index (κ2) is 3.76. The lowest BCUT2D eigenvalue weighted by molar-refractivity contribution is 0.119. The van der Waals surface area contributed by atoms with E-state index >= 15 is 0 Å². The smallest absolute Gasteiger partial charge is 0.135 e. The number of furan rings is 1. The van der Waals surface area contributed by atoms with Gasteiger partial charge in [0.25, 0.3) is 0 Å². The van der Waals surface area contributed by atoms with Gasteiger partial charge in [0.2, 0.25) is 0 Å². The number of nitrogens with zero attached hydrogens (tertiary/aromatic N) is 1.